The first-order valence-corrected chi connectivity index (χ1v) is 8.65. The molecular formula is C18H12ClFN2O3S. The van der Waals surface area contributed by atoms with Crippen molar-refractivity contribution in [3.8, 4) is 10.4 Å². The van der Waals surface area contributed by atoms with Crippen molar-refractivity contribution in [1.29, 1.82) is 0 Å². The number of carbonyl (C=O) groups is 2. The zero-order valence-electron chi connectivity index (χ0n) is 13.2. The van der Waals surface area contributed by atoms with Crippen molar-refractivity contribution < 1.29 is 18.7 Å². The maximum atomic E-state index is 13.0. The minimum atomic E-state index is -0.609. The number of esters is 1. The molecule has 8 heteroatoms. The lowest BCUT2D eigenvalue weighted by atomic mass is 10.2. The molecule has 0 fully saturated rings. The van der Waals surface area contributed by atoms with Crippen molar-refractivity contribution in [1.82, 2.24) is 4.98 Å². The first-order valence-electron chi connectivity index (χ1n) is 7.45. The number of hydrogen-bond donors (Lipinski definition) is 1. The predicted molar refractivity (Wildman–Crippen MR) is 97.9 cm³/mol. The SMILES string of the molecule is O=C(COC(=O)c1ccc(-c2ccc(F)cc2)s1)Nc1ccc(Cl)cn1. The van der Waals surface area contributed by atoms with E-state index in [1.54, 1.807) is 30.3 Å². The maximum absolute atomic E-state index is 13.0. The van der Waals surface area contributed by atoms with E-state index in [4.69, 9.17) is 16.3 Å². The molecule has 1 N–H and O–H groups in total. The lowest BCUT2D eigenvalue weighted by Gasteiger charge is -2.05. The Morgan fingerprint density at radius 3 is 2.58 bits per heavy atom. The van der Waals surface area contributed by atoms with Gasteiger partial charge in [0.2, 0.25) is 0 Å². The second kappa shape index (κ2) is 8.07. The third-order valence-corrected chi connectivity index (χ3v) is 4.60. The molecule has 0 atom stereocenters. The van der Waals surface area contributed by atoms with Crippen molar-refractivity contribution in [3.05, 3.63) is 70.4 Å². The number of nitrogens with one attached hydrogen (secondary N) is 1. The van der Waals surface area contributed by atoms with Gasteiger partial charge in [0.25, 0.3) is 5.91 Å². The van der Waals surface area contributed by atoms with Gasteiger partial charge in [0.1, 0.15) is 16.5 Å². The maximum Gasteiger partial charge on any atom is 0.348 e. The number of pyridine rings is 1. The zero-order chi connectivity index (χ0) is 18.5. The van der Waals surface area contributed by atoms with E-state index in [2.05, 4.69) is 10.3 Å². The van der Waals surface area contributed by atoms with Gasteiger partial charge in [-0.05, 0) is 42.0 Å². The standard InChI is InChI=1S/C18H12ClFN2O3S/c19-12-3-8-16(21-9-12)22-17(23)10-25-18(24)15-7-6-14(26-15)11-1-4-13(20)5-2-11/h1-9H,10H2,(H,21,22,23). The first-order chi connectivity index (χ1) is 12.5. The summed E-state index contributed by atoms with van der Waals surface area (Å²) >= 11 is 6.91. The largest absolute Gasteiger partial charge is 0.451 e. The smallest absolute Gasteiger partial charge is 0.348 e. The summed E-state index contributed by atoms with van der Waals surface area (Å²) in [5.41, 5.74) is 0.794. The van der Waals surface area contributed by atoms with E-state index < -0.39 is 18.5 Å². The normalized spacial score (nSPS) is 10.4. The van der Waals surface area contributed by atoms with Crippen LogP contribution in [0, 0.1) is 5.82 Å². The number of rotatable bonds is 5. The summed E-state index contributed by atoms with van der Waals surface area (Å²) < 4.78 is 18.0. The second-order valence-corrected chi connectivity index (χ2v) is 6.68. The van der Waals surface area contributed by atoms with Gasteiger partial charge in [0.15, 0.2) is 6.61 Å². The van der Waals surface area contributed by atoms with Gasteiger partial charge in [0, 0.05) is 11.1 Å². The van der Waals surface area contributed by atoms with Gasteiger partial charge in [-0.3, -0.25) is 4.79 Å². The number of benzene rings is 1. The minimum absolute atomic E-state index is 0.310. The number of carbonyl (C=O) groups excluding carboxylic acids is 2. The van der Waals surface area contributed by atoms with Crippen LogP contribution in [-0.4, -0.2) is 23.5 Å². The van der Waals surface area contributed by atoms with E-state index >= 15 is 0 Å². The van der Waals surface area contributed by atoms with Crippen molar-refractivity contribution in [2.24, 2.45) is 0 Å². The molecule has 1 amide bonds. The molecule has 0 unspecified atom stereocenters. The number of hydrogen-bond acceptors (Lipinski definition) is 5. The van der Waals surface area contributed by atoms with Gasteiger partial charge >= 0.3 is 5.97 Å². The molecule has 0 aliphatic carbocycles. The van der Waals surface area contributed by atoms with Crippen LogP contribution in [0.5, 0.6) is 0 Å². The van der Waals surface area contributed by atoms with Crippen molar-refractivity contribution in [3.63, 3.8) is 0 Å². The highest BCUT2D eigenvalue weighted by atomic mass is 35.5. The second-order valence-electron chi connectivity index (χ2n) is 5.16. The molecule has 26 heavy (non-hydrogen) atoms. The molecule has 5 nitrogen and oxygen atoms in total. The van der Waals surface area contributed by atoms with Crippen molar-refractivity contribution in [2.45, 2.75) is 0 Å². The fourth-order valence-electron chi connectivity index (χ4n) is 2.05. The van der Waals surface area contributed by atoms with Crippen molar-refractivity contribution >= 4 is 40.6 Å². The summed E-state index contributed by atoms with van der Waals surface area (Å²) in [5.74, 6) is -1.14. The number of nitrogens with zero attached hydrogens (tertiary/aromatic N) is 1. The number of halogens is 2. The number of amides is 1. The van der Waals surface area contributed by atoms with Crippen LogP contribution in [0.15, 0.2) is 54.7 Å². The molecule has 0 radical (unpaired) electrons. The Bertz CT molecular complexity index is 926. The molecule has 0 bridgehead atoms. The number of anilines is 1. The topological polar surface area (TPSA) is 68.3 Å². The molecule has 0 aliphatic rings. The highest BCUT2D eigenvalue weighted by molar-refractivity contribution is 7.17. The quantitative estimate of drug-likeness (QED) is 0.656. The lowest BCUT2D eigenvalue weighted by Crippen LogP contribution is -2.21. The third kappa shape index (κ3) is 4.65. The molecule has 3 aromatic rings. The molecule has 2 heterocycles. The van der Waals surface area contributed by atoms with Crippen LogP contribution in [0.1, 0.15) is 9.67 Å². The first kappa shape index (κ1) is 18.0. The summed E-state index contributed by atoms with van der Waals surface area (Å²) in [7, 11) is 0. The Morgan fingerprint density at radius 1 is 1.12 bits per heavy atom. The van der Waals surface area contributed by atoms with E-state index in [1.165, 1.54) is 35.7 Å². The van der Waals surface area contributed by atoms with Gasteiger partial charge in [-0.25, -0.2) is 14.2 Å². The molecular weight excluding hydrogens is 379 g/mol. The Kier molecular flexibility index (Phi) is 5.60. The number of ether oxygens (including phenoxy) is 1. The molecule has 3 rings (SSSR count). The van der Waals surface area contributed by atoms with Gasteiger partial charge in [-0.1, -0.05) is 23.7 Å². The third-order valence-electron chi connectivity index (χ3n) is 3.27. The zero-order valence-corrected chi connectivity index (χ0v) is 14.8. The summed E-state index contributed by atoms with van der Waals surface area (Å²) in [6.07, 6.45) is 1.39. The molecule has 0 spiro atoms. The Labute approximate surface area is 157 Å². The van der Waals surface area contributed by atoms with E-state index in [1.807, 2.05) is 0 Å². The molecule has 132 valence electrons. The molecule has 0 aliphatic heterocycles. The van der Waals surface area contributed by atoms with Crippen molar-refractivity contribution in [2.75, 3.05) is 11.9 Å². The summed E-state index contributed by atoms with van der Waals surface area (Å²) in [4.78, 5) is 28.9. The fraction of sp³-hybridized carbons (Fsp3) is 0.0556. The van der Waals surface area contributed by atoms with E-state index in [0.717, 1.165) is 10.4 Å². The Morgan fingerprint density at radius 2 is 1.88 bits per heavy atom. The van der Waals surface area contributed by atoms with Gasteiger partial charge in [-0.2, -0.15) is 0 Å². The minimum Gasteiger partial charge on any atom is -0.451 e. The van der Waals surface area contributed by atoms with Gasteiger partial charge in [-0.15, -0.1) is 11.3 Å². The van der Waals surface area contributed by atoms with Crippen LogP contribution >= 0.6 is 22.9 Å². The van der Waals surface area contributed by atoms with Gasteiger partial charge in [0.05, 0.1) is 5.02 Å². The van der Waals surface area contributed by atoms with Crippen LogP contribution in [0.3, 0.4) is 0 Å². The Balaban J connectivity index is 1.55. The van der Waals surface area contributed by atoms with Crippen LogP contribution in [0.2, 0.25) is 5.02 Å². The monoisotopic (exact) mass is 390 g/mol. The van der Waals surface area contributed by atoms with Gasteiger partial charge < -0.3 is 10.1 Å². The van der Waals surface area contributed by atoms with E-state index in [9.17, 15) is 14.0 Å². The van der Waals surface area contributed by atoms with Crippen LogP contribution in [0.25, 0.3) is 10.4 Å². The highest BCUT2D eigenvalue weighted by Gasteiger charge is 2.14. The molecule has 1 aromatic carbocycles. The Hall–Kier alpha value is -2.77. The molecule has 0 saturated carbocycles. The average molecular weight is 391 g/mol. The van der Waals surface area contributed by atoms with E-state index in [-0.39, 0.29) is 5.82 Å². The lowest BCUT2D eigenvalue weighted by molar-refractivity contribution is -0.119. The summed E-state index contributed by atoms with van der Waals surface area (Å²) in [6.45, 7) is -0.438. The van der Waals surface area contributed by atoms with Crippen LogP contribution in [-0.2, 0) is 9.53 Å². The molecule has 0 saturated heterocycles. The van der Waals surface area contributed by atoms with Crippen LogP contribution in [0.4, 0.5) is 10.2 Å². The van der Waals surface area contributed by atoms with Crippen LogP contribution < -0.4 is 5.32 Å². The highest BCUT2D eigenvalue weighted by Crippen LogP contribution is 2.28. The fourth-order valence-corrected chi connectivity index (χ4v) is 3.06. The average Bonchev–Trinajstić information content (AvgIpc) is 3.12. The summed E-state index contributed by atoms with van der Waals surface area (Å²) in [6, 6.07) is 12.4. The molecule has 2 aromatic heterocycles. The number of aromatic nitrogens is 1. The summed E-state index contributed by atoms with van der Waals surface area (Å²) in [5, 5.41) is 2.94. The predicted octanol–water partition coefficient (Wildman–Crippen LogP) is 4.40. The number of thiophene rings is 1. The van der Waals surface area contributed by atoms with E-state index in [0.29, 0.717) is 15.7 Å².